The van der Waals surface area contributed by atoms with Gasteiger partial charge in [0.25, 0.3) is 0 Å². The normalized spacial score (nSPS) is 19.4. The van der Waals surface area contributed by atoms with Crippen molar-refractivity contribution in [3.63, 3.8) is 0 Å². The minimum Gasteiger partial charge on any atom is -0.385 e. The van der Waals surface area contributed by atoms with E-state index < -0.39 is 6.10 Å². The fourth-order valence-electron chi connectivity index (χ4n) is 2.94. The Hall–Kier alpha value is -1.64. The highest BCUT2D eigenvalue weighted by Gasteiger charge is 2.29. The van der Waals surface area contributed by atoms with Crippen molar-refractivity contribution in [3.8, 4) is 0 Å². The van der Waals surface area contributed by atoms with Crippen molar-refractivity contribution in [2.24, 2.45) is 0 Å². The van der Waals surface area contributed by atoms with Crippen LogP contribution in [0.25, 0.3) is 0 Å². The van der Waals surface area contributed by atoms with Crippen molar-refractivity contribution >= 4 is 0 Å². The predicted molar refractivity (Wildman–Crippen MR) is 79.7 cm³/mol. The fourth-order valence-corrected chi connectivity index (χ4v) is 2.94. The molecule has 0 aromatic heterocycles. The van der Waals surface area contributed by atoms with E-state index in [4.69, 9.17) is 4.74 Å². The molecule has 2 aromatic rings. The van der Waals surface area contributed by atoms with Gasteiger partial charge >= 0.3 is 0 Å². The first kappa shape index (κ1) is 13.3. The first-order valence-corrected chi connectivity index (χ1v) is 7.12. The van der Waals surface area contributed by atoms with Crippen molar-refractivity contribution in [1.29, 1.82) is 0 Å². The maximum atomic E-state index is 10.8. The molecule has 2 unspecified atom stereocenters. The molecule has 0 bridgehead atoms. The van der Waals surface area contributed by atoms with Gasteiger partial charge in [-0.05, 0) is 48.1 Å². The number of benzene rings is 2. The Morgan fingerprint density at radius 2 is 1.90 bits per heavy atom. The van der Waals surface area contributed by atoms with E-state index in [2.05, 4.69) is 32.0 Å². The van der Waals surface area contributed by atoms with Crippen LogP contribution < -0.4 is 0 Å². The molecule has 2 heteroatoms. The second-order valence-electron chi connectivity index (χ2n) is 5.47. The second kappa shape index (κ2) is 5.39. The lowest BCUT2D eigenvalue weighted by atomic mass is 9.89. The third-order valence-corrected chi connectivity index (χ3v) is 4.28. The Kier molecular flexibility index (Phi) is 3.60. The van der Waals surface area contributed by atoms with Gasteiger partial charge in [0.05, 0.1) is 6.61 Å². The molecule has 0 saturated heterocycles. The number of aliphatic hydroxyl groups excluding tert-OH is 1. The summed E-state index contributed by atoms with van der Waals surface area (Å²) in [6.45, 7) is 4.80. The Morgan fingerprint density at radius 3 is 2.75 bits per heavy atom. The van der Waals surface area contributed by atoms with Gasteiger partial charge in [-0.2, -0.15) is 0 Å². The van der Waals surface area contributed by atoms with Gasteiger partial charge in [-0.1, -0.05) is 42.5 Å². The van der Waals surface area contributed by atoms with Gasteiger partial charge in [0, 0.05) is 0 Å². The molecular weight excluding hydrogens is 248 g/mol. The molecule has 0 spiro atoms. The van der Waals surface area contributed by atoms with Crippen molar-refractivity contribution in [3.05, 3.63) is 70.3 Å². The molecule has 0 fully saturated rings. The minimum atomic E-state index is -0.614. The monoisotopic (exact) mass is 268 g/mol. The molecule has 2 aromatic carbocycles. The molecule has 2 nitrogen and oxygen atoms in total. The van der Waals surface area contributed by atoms with Gasteiger partial charge in [-0.25, -0.2) is 0 Å². The lowest BCUT2D eigenvalue weighted by molar-refractivity contribution is -0.0485. The molecule has 1 aliphatic heterocycles. The lowest BCUT2D eigenvalue weighted by Gasteiger charge is -2.30. The van der Waals surface area contributed by atoms with Crippen LogP contribution in [0.4, 0.5) is 0 Å². The van der Waals surface area contributed by atoms with Crippen LogP contribution in [0.5, 0.6) is 0 Å². The van der Waals surface area contributed by atoms with Gasteiger partial charge in [0.1, 0.15) is 12.2 Å². The highest BCUT2D eigenvalue weighted by Crippen LogP contribution is 2.38. The molecule has 2 atom stereocenters. The molecule has 20 heavy (non-hydrogen) atoms. The van der Waals surface area contributed by atoms with Crippen LogP contribution in [0.1, 0.15) is 40.0 Å². The van der Waals surface area contributed by atoms with Crippen molar-refractivity contribution in [2.75, 3.05) is 6.61 Å². The van der Waals surface area contributed by atoms with Crippen LogP contribution in [0.2, 0.25) is 0 Å². The van der Waals surface area contributed by atoms with Gasteiger partial charge < -0.3 is 9.84 Å². The zero-order valence-corrected chi connectivity index (χ0v) is 12.0. The minimum absolute atomic E-state index is 0.263. The molecule has 104 valence electrons. The van der Waals surface area contributed by atoms with E-state index in [0.29, 0.717) is 6.61 Å². The summed E-state index contributed by atoms with van der Waals surface area (Å²) in [5.74, 6) is 0. The molecule has 0 saturated carbocycles. The third kappa shape index (κ3) is 2.26. The lowest BCUT2D eigenvalue weighted by Crippen LogP contribution is -2.22. The average molecular weight is 268 g/mol. The van der Waals surface area contributed by atoms with Crippen LogP contribution in [0.15, 0.2) is 42.5 Å². The number of aryl methyl sites for hydroxylation is 1. The van der Waals surface area contributed by atoms with E-state index in [1.807, 2.05) is 24.3 Å². The first-order chi connectivity index (χ1) is 9.68. The van der Waals surface area contributed by atoms with Gasteiger partial charge in [-0.3, -0.25) is 0 Å². The third-order valence-electron chi connectivity index (χ3n) is 4.28. The Balaban J connectivity index is 2.00. The summed E-state index contributed by atoms with van der Waals surface area (Å²) in [5, 5.41) is 10.8. The molecule has 1 N–H and O–H groups in total. The number of hydrogen-bond donors (Lipinski definition) is 1. The number of aliphatic hydroxyl groups is 1. The number of rotatable bonds is 2. The van der Waals surface area contributed by atoms with Crippen LogP contribution in [-0.4, -0.2) is 11.7 Å². The van der Waals surface area contributed by atoms with E-state index in [0.717, 1.165) is 23.1 Å². The summed E-state index contributed by atoms with van der Waals surface area (Å²) in [6, 6.07) is 14.3. The highest BCUT2D eigenvalue weighted by atomic mass is 16.5. The van der Waals surface area contributed by atoms with Crippen molar-refractivity contribution in [1.82, 2.24) is 0 Å². The van der Waals surface area contributed by atoms with Gasteiger partial charge in [0.15, 0.2) is 0 Å². The summed E-state index contributed by atoms with van der Waals surface area (Å²) >= 11 is 0. The number of fused-ring (bicyclic) bond motifs is 1. The van der Waals surface area contributed by atoms with Gasteiger partial charge in [-0.15, -0.1) is 0 Å². The smallest absolute Gasteiger partial charge is 0.113 e. The predicted octanol–water partition coefficient (Wildman–Crippen LogP) is 3.65. The summed E-state index contributed by atoms with van der Waals surface area (Å²) < 4.78 is 5.87. The Labute approximate surface area is 120 Å². The van der Waals surface area contributed by atoms with E-state index >= 15 is 0 Å². The van der Waals surface area contributed by atoms with Crippen LogP contribution in [0.3, 0.4) is 0 Å². The fraction of sp³-hybridized carbons (Fsp3) is 0.333. The zero-order chi connectivity index (χ0) is 14.1. The van der Waals surface area contributed by atoms with E-state index in [1.54, 1.807) is 0 Å². The zero-order valence-electron chi connectivity index (χ0n) is 12.0. The second-order valence-corrected chi connectivity index (χ2v) is 5.47. The molecule has 0 aliphatic carbocycles. The van der Waals surface area contributed by atoms with Crippen LogP contribution in [0, 0.1) is 13.8 Å². The standard InChI is InChI=1S/C18H20O2/c1-12-6-5-9-15(13(12)2)17(19)18-16-8-4-3-7-14(16)10-11-20-18/h3-9,17-19H,10-11H2,1-2H3. The average Bonchev–Trinajstić information content (AvgIpc) is 2.49. The van der Waals surface area contributed by atoms with Gasteiger partial charge in [0.2, 0.25) is 0 Å². The van der Waals surface area contributed by atoms with Crippen LogP contribution >= 0.6 is 0 Å². The maximum Gasteiger partial charge on any atom is 0.113 e. The topological polar surface area (TPSA) is 29.5 Å². The molecular formula is C18H20O2. The summed E-state index contributed by atoms with van der Waals surface area (Å²) in [7, 11) is 0. The van der Waals surface area contributed by atoms with Crippen molar-refractivity contribution in [2.45, 2.75) is 32.5 Å². The SMILES string of the molecule is Cc1cccc(C(O)C2OCCc3ccccc32)c1C. The Morgan fingerprint density at radius 1 is 1.10 bits per heavy atom. The summed E-state index contributed by atoms with van der Waals surface area (Å²) in [6.07, 6.45) is 0.0448. The number of ether oxygens (including phenoxy) is 1. The summed E-state index contributed by atoms with van der Waals surface area (Å²) in [4.78, 5) is 0. The largest absolute Gasteiger partial charge is 0.385 e. The molecule has 1 heterocycles. The Bertz CT molecular complexity index is 619. The van der Waals surface area contributed by atoms with Crippen LogP contribution in [-0.2, 0) is 11.2 Å². The van der Waals surface area contributed by atoms with E-state index in [1.165, 1.54) is 11.1 Å². The quantitative estimate of drug-likeness (QED) is 0.901. The first-order valence-electron chi connectivity index (χ1n) is 7.12. The van der Waals surface area contributed by atoms with E-state index in [-0.39, 0.29) is 6.10 Å². The summed E-state index contributed by atoms with van der Waals surface area (Å²) in [5.41, 5.74) is 5.71. The highest BCUT2D eigenvalue weighted by molar-refractivity contribution is 5.38. The number of hydrogen-bond acceptors (Lipinski definition) is 2. The van der Waals surface area contributed by atoms with E-state index in [9.17, 15) is 5.11 Å². The molecule has 3 rings (SSSR count). The molecule has 1 aliphatic rings. The molecule has 0 radical (unpaired) electrons. The molecule has 0 amide bonds. The van der Waals surface area contributed by atoms with Crippen molar-refractivity contribution < 1.29 is 9.84 Å². The maximum absolute atomic E-state index is 10.8.